The fraction of sp³-hybridized carbons (Fsp3) is 0.577. The van der Waals surface area contributed by atoms with Gasteiger partial charge in [0.05, 0.1) is 0 Å². The highest BCUT2D eigenvalue weighted by Crippen LogP contribution is 2.27. The Labute approximate surface area is 208 Å². The number of unbranched alkanes of at least 4 members (excludes halogenated alkanes) is 1. The van der Waals surface area contributed by atoms with E-state index in [1.54, 1.807) is 32.5 Å². The first-order chi connectivity index (χ1) is 16.0. The van der Waals surface area contributed by atoms with Gasteiger partial charge in [-0.05, 0) is 76.2 Å². The number of benzene rings is 1. The van der Waals surface area contributed by atoms with E-state index in [0.29, 0.717) is 24.3 Å². The molecule has 0 fully saturated rings. The predicted octanol–water partition coefficient (Wildman–Crippen LogP) is 4.33. The largest absolute Gasteiger partial charge is 0.444 e. The van der Waals surface area contributed by atoms with E-state index >= 15 is 0 Å². The van der Waals surface area contributed by atoms with Crippen LogP contribution in [0.5, 0.6) is 0 Å². The smallest absolute Gasteiger partial charge is 0.408 e. The number of nitrogens with zero attached hydrogens (tertiary/aromatic N) is 1. The molecule has 2 atom stereocenters. The number of aryl methyl sites for hydroxylation is 1. The van der Waals surface area contributed by atoms with Crippen molar-refractivity contribution in [2.24, 2.45) is 0 Å². The molecule has 0 aromatic heterocycles. The van der Waals surface area contributed by atoms with Crippen molar-refractivity contribution in [3.63, 3.8) is 0 Å². The molecular weight excluding hydrogens is 450 g/mol. The van der Waals surface area contributed by atoms with Gasteiger partial charge in [-0.15, -0.1) is 0 Å². The number of hydrogen-bond acceptors (Lipinski definition) is 5. The van der Waals surface area contributed by atoms with Crippen LogP contribution in [0.3, 0.4) is 0 Å². The van der Waals surface area contributed by atoms with Gasteiger partial charge in [0.1, 0.15) is 17.7 Å². The second-order valence-electron chi connectivity index (χ2n) is 9.15. The molecule has 0 saturated carbocycles. The van der Waals surface area contributed by atoms with Crippen molar-refractivity contribution in [3.05, 3.63) is 34.9 Å². The molecular formula is C26H39N3O4S. The molecule has 0 aliphatic rings. The molecule has 0 bridgehead atoms. The second-order valence-corrected chi connectivity index (χ2v) is 10.1. The summed E-state index contributed by atoms with van der Waals surface area (Å²) >= 11 is 1.54. The number of rotatable bonds is 11. The van der Waals surface area contributed by atoms with Gasteiger partial charge in [-0.2, -0.15) is 11.8 Å². The number of carbonyl (C=O) groups is 3. The van der Waals surface area contributed by atoms with Crippen LogP contribution in [0.1, 0.15) is 69.7 Å². The lowest BCUT2D eigenvalue weighted by atomic mass is 9.95. The average molecular weight is 490 g/mol. The van der Waals surface area contributed by atoms with E-state index in [2.05, 4.69) is 16.7 Å². The molecule has 0 radical (unpaired) electrons. The maximum atomic E-state index is 13.7. The first kappa shape index (κ1) is 29.4. The molecule has 0 saturated heterocycles. The normalized spacial score (nSPS) is 12.8. The van der Waals surface area contributed by atoms with Crippen molar-refractivity contribution >= 4 is 29.7 Å². The maximum Gasteiger partial charge on any atom is 0.408 e. The van der Waals surface area contributed by atoms with Crippen LogP contribution in [-0.4, -0.2) is 53.0 Å². The summed E-state index contributed by atoms with van der Waals surface area (Å²) in [4.78, 5) is 40.5. The number of nitrogens with one attached hydrogen (secondary N) is 2. The Balaban J connectivity index is 3.37. The molecule has 188 valence electrons. The van der Waals surface area contributed by atoms with Crippen LogP contribution in [0.25, 0.3) is 0 Å². The summed E-state index contributed by atoms with van der Waals surface area (Å²) in [5, 5.41) is 5.56. The van der Waals surface area contributed by atoms with Gasteiger partial charge in [-0.3, -0.25) is 14.5 Å². The lowest BCUT2D eigenvalue weighted by Gasteiger charge is -2.31. The Morgan fingerprint density at radius 3 is 2.47 bits per heavy atom. The number of hydrogen-bond donors (Lipinski definition) is 2. The van der Waals surface area contributed by atoms with Gasteiger partial charge in [-0.25, -0.2) is 4.79 Å². The highest BCUT2D eigenvalue weighted by atomic mass is 32.2. The maximum absolute atomic E-state index is 13.7. The quantitative estimate of drug-likeness (QED) is 0.274. The summed E-state index contributed by atoms with van der Waals surface area (Å²) in [6.45, 7) is 11.6. The van der Waals surface area contributed by atoms with E-state index in [-0.39, 0.29) is 5.91 Å². The van der Waals surface area contributed by atoms with Gasteiger partial charge >= 0.3 is 6.09 Å². The molecule has 3 amide bonds. The van der Waals surface area contributed by atoms with Crippen molar-refractivity contribution in [1.29, 1.82) is 0 Å². The van der Waals surface area contributed by atoms with Gasteiger partial charge in [0.2, 0.25) is 5.91 Å². The van der Waals surface area contributed by atoms with Crippen LogP contribution in [0.2, 0.25) is 0 Å². The Bertz CT molecular complexity index is 889. The zero-order valence-electron chi connectivity index (χ0n) is 21.5. The van der Waals surface area contributed by atoms with Crippen molar-refractivity contribution in [3.8, 4) is 12.5 Å². The standard InChI is InChI=1S/C26H39N3O4S/c1-9-11-16-27-23(30)22(20-14-12-13-18(3)19(20)4)29(10-2)24(31)21(15-17-34-8)28-25(32)33-26(5,6)7/h2,12-14,21-22H,9,11,15-17H2,1,3-8H3,(H,27,30)(H,28,32). The van der Waals surface area contributed by atoms with E-state index in [9.17, 15) is 14.4 Å². The molecule has 0 aliphatic carbocycles. The Kier molecular flexibility index (Phi) is 12.0. The predicted molar refractivity (Wildman–Crippen MR) is 138 cm³/mol. The average Bonchev–Trinajstić information content (AvgIpc) is 2.75. The first-order valence-corrected chi connectivity index (χ1v) is 13.0. The third kappa shape index (κ3) is 8.94. The van der Waals surface area contributed by atoms with E-state index in [4.69, 9.17) is 11.2 Å². The van der Waals surface area contributed by atoms with Crippen LogP contribution in [0.4, 0.5) is 4.79 Å². The topological polar surface area (TPSA) is 87.7 Å². The van der Waals surface area contributed by atoms with Crippen molar-refractivity contribution in [2.75, 3.05) is 18.6 Å². The van der Waals surface area contributed by atoms with Gasteiger partial charge in [0.25, 0.3) is 5.91 Å². The Morgan fingerprint density at radius 2 is 1.91 bits per heavy atom. The summed E-state index contributed by atoms with van der Waals surface area (Å²) < 4.78 is 5.35. The molecule has 34 heavy (non-hydrogen) atoms. The summed E-state index contributed by atoms with van der Waals surface area (Å²) in [7, 11) is 0. The molecule has 2 N–H and O–H groups in total. The Morgan fingerprint density at radius 1 is 1.24 bits per heavy atom. The molecule has 1 aromatic carbocycles. The third-order valence-corrected chi connectivity index (χ3v) is 5.90. The lowest BCUT2D eigenvalue weighted by molar-refractivity contribution is -0.138. The van der Waals surface area contributed by atoms with E-state index in [1.807, 2.05) is 45.2 Å². The second kappa shape index (κ2) is 13.9. The minimum atomic E-state index is -1.02. The van der Waals surface area contributed by atoms with Crippen molar-refractivity contribution in [1.82, 2.24) is 15.5 Å². The van der Waals surface area contributed by atoms with Crippen LogP contribution >= 0.6 is 11.8 Å². The van der Waals surface area contributed by atoms with Gasteiger partial charge in [-0.1, -0.05) is 38.0 Å². The number of amides is 3. The molecule has 1 rings (SSSR count). The molecule has 7 nitrogen and oxygen atoms in total. The van der Waals surface area contributed by atoms with Crippen molar-refractivity contribution in [2.45, 2.75) is 78.5 Å². The zero-order chi connectivity index (χ0) is 25.9. The lowest BCUT2D eigenvalue weighted by Crippen LogP contribution is -2.51. The monoisotopic (exact) mass is 489 g/mol. The summed E-state index contributed by atoms with van der Waals surface area (Å²) in [5.41, 5.74) is 1.80. The minimum Gasteiger partial charge on any atom is -0.444 e. The summed E-state index contributed by atoms with van der Waals surface area (Å²) in [6, 6.07) is 6.05. The Hall–Kier alpha value is -2.66. The van der Waals surface area contributed by atoms with Crippen LogP contribution in [0, 0.1) is 26.3 Å². The van der Waals surface area contributed by atoms with Gasteiger partial charge < -0.3 is 15.4 Å². The number of carbonyl (C=O) groups excluding carboxylic acids is 3. The highest BCUT2D eigenvalue weighted by Gasteiger charge is 2.36. The summed E-state index contributed by atoms with van der Waals surface area (Å²) in [6.07, 6.45) is 9.09. The molecule has 0 spiro atoms. The van der Waals surface area contributed by atoms with E-state index in [1.165, 1.54) is 0 Å². The van der Waals surface area contributed by atoms with Crippen LogP contribution < -0.4 is 10.6 Å². The fourth-order valence-electron chi connectivity index (χ4n) is 3.33. The van der Waals surface area contributed by atoms with Gasteiger partial charge in [0, 0.05) is 12.6 Å². The number of alkyl carbamates (subject to hydrolysis) is 1. The SMILES string of the molecule is C#CN(C(=O)C(CCSC)NC(=O)OC(C)(C)C)C(C(=O)NCCCC)c1cccc(C)c1C. The summed E-state index contributed by atoms with van der Waals surface area (Å²) in [5.74, 6) is -0.269. The molecule has 0 heterocycles. The minimum absolute atomic E-state index is 0.342. The number of terminal acetylenes is 1. The zero-order valence-corrected chi connectivity index (χ0v) is 22.3. The number of thioether (sulfide) groups is 1. The molecule has 0 aliphatic heterocycles. The number of ether oxygens (including phenoxy) is 1. The van der Waals surface area contributed by atoms with Crippen LogP contribution in [0.15, 0.2) is 18.2 Å². The first-order valence-electron chi connectivity index (χ1n) is 11.6. The third-order valence-electron chi connectivity index (χ3n) is 5.25. The highest BCUT2D eigenvalue weighted by molar-refractivity contribution is 7.98. The fourth-order valence-corrected chi connectivity index (χ4v) is 3.80. The molecule has 8 heteroatoms. The van der Waals surface area contributed by atoms with Crippen LogP contribution in [-0.2, 0) is 14.3 Å². The van der Waals surface area contributed by atoms with E-state index in [0.717, 1.165) is 28.9 Å². The molecule has 2 unspecified atom stereocenters. The van der Waals surface area contributed by atoms with E-state index < -0.39 is 29.7 Å². The van der Waals surface area contributed by atoms with Crippen molar-refractivity contribution < 1.29 is 19.1 Å². The van der Waals surface area contributed by atoms with Gasteiger partial charge in [0.15, 0.2) is 0 Å². The molecule has 1 aromatic rings.